The molecule has 0 saturated carbocycles. The highest BCUT2D eigenvalue weighted by Crippen LogP contribution is 2.30. The molecular weight excluding hydrogens is 428 g/mol. The quantitative estimate of drug-likeness (QED) is 0.402. The van der Waals surface area contributed by atoms with Crippen molar-refractivity contribution in [1.29, 1.82) is 0 Å². The molecule has 0 fully saturated rings. The molecule has 5 aromatic rings. The van der Waals surface area contributed by atoms with Gasteiger partial charge in [0.1, 0.15) is 17.9 Å². The number of hydrogen-bond acceptors (Lipinski definition) is 5. The molecule has 0 bridgehead atoms. The molecule has 0 unspecified atom stereocenters. The van der Waals surface area contributed by atoms with Gasteiger partial charge in [-0.25, -0.2) is 14.5 Å². The molecule has 2 aromatic heterocycles. The van der Waals surface area contributed by atoms with Gasteiger partial charge >= 0.3 is 6.36 Å². The van der Waals surface area contributed by atoms with E-state index in [0.29, 0.717) is 16.6 Å². The summed E-state index contributed by atoms with van der Waals surface area (Å²) in [7, 11) is 0. The number of nitrogens with one attached hydrogen (secondary N) is 1. The highest BCUT2D eigenvalue weighted by Gasteiger charge is 2.31. The number of tetrazole rings is 1. The van der Waals surface area contributed by atoms with E-state index < -0.39 is 12.2 Å². The average molecular weight is 440 g/mol. The molecular formula is C21H12F4N6O. The van der Waals surface area contributed by atoms with Gasteiger partial charge in [0.05, 0.1) is 16.6 Å². The van der Waals surface area contributed by atoms with Crippen LogP contribution in [0.1, 0.15) is 0 Å². The summed E-state index contributed by atoms with van der Waals surface area (Å²) >= 11 is 0. The predicted molar refractivity (Wildman–Crippen MR) is 106 cm³/mol. The summed E-state index contributed by atoms with van der Waals surface area (Å²) in [4.78, 5) is 4.26. The van der Waals surface area contributed by atoms with Crippen LogP contribution in [0.5, 0.6) is 5.75 Å². The third kappa shape index (κ3) is 3.75. The van der Waals surface area contributed by atoms with Gasteiger partial charge in [-0.2, -0.15) is 0 Å². The molecule has 0 amide bonds. The second-order valence-corrected chi connectivity index (χ2v) is 6.81. The number of fused-ring (bicyclic) bond motifs is 1. The predicted octanol–water partition coefficient (Wildman–Crippen LogP) is 4.91. The second-order valence-electron chi connectivity index (χ2n) is 6.81. The summed E-state index contributed by atoms with van der Waals surface area (Å²) in [6.45, 7) is 0. The Morgan fingerprint density at radius 3 is 2.47 bits per heavy atom. The van der Waals surface area contributed by atoms with Crippen LogP contribution in [0.2, 0.25) is 0 Å². The zero-order valence-electron chi connectivity index (χ0n) is 16.0. The standard InChI is InChI=1S/C21H12F4N6O/c22-17-10-18-19(9-16(17)20-27-29-30-28-20)31(11-26-18)14-3-1-2-13(8-14)12-4-6-15(7-5-12)32-21(23,24)25/h1-11H,(H,27,28,29,30). The van der Waals surface area contributed by atoms with Crippen molar-refractivity contribution < 1.29 is 22.3 Å². The maximum atomic E-state index is 14.5. The van der Waals surface area contributed by atoms with Gasteiger partial charge in [0.25, 0.3) is 0 Å². The van der Waals surface area contributed by atoms with E-state index in [-0.39, 0.29) is 17.1 Å². The van der Waals surface area contributed by atoms with Crippen molar-refractivity contribution in [2.45, 2.75) is 6.36 Å². The Hall–Kier alpha value is -4.28. The first-order chi connectivity index (χ1) is 15.4. The minimum absolute atomic E-state index is 0.187. The number of ether oxygens (including phenoxy) is 1. The summed E-state index contributed by atoms with van der Waals surface area (Å²) in [5.74, 6) is -0.627. The van der Waals surface area contributed by atoms with Crippen molar-refractivity contribution in [3.63, 3.8) is 0 Å². The molecule has 1 N–H and O–H groups in total. The van der Waals surface area contributed by atoms with Crippen LogP contribution in [0.15, 0.2) is 67.0 Å². The lowest BCUT2D eigenvalue weighted by Crippen LogP contribution is -2.16. The van der Waals surface area contributed by atoms with Gasteiger partial charge in [-0.3, -0.25) is 4.57 Å². The maximum Gasteiger partial charge on any atom is 0.573 e. The number of alkyl halides is 3. The van der Waals surface area contributed by atoms with Crippen LogP contribution in [0, 0.1) is 5.82 Å². The molecule has 160 valence electrons. The van der Waals surface area contributed by atoms with E-state index in [1.807, 2.05) is 18.2 Å². The van der Waals surface area contributed by atoms with E-state index in [9.17, 15) is 17.6 Å². The Labute approximate surface area is 177 Å². The van der Waals surface area contributed by atoms with Crippen LogP contribution in [0.3, 0.4) is 0 Å². The number of aromatic amines is 1. The molecule has 11 heteroatoms. The summed E-state index contributed by atoms with van der Waals surface area (Å²) in [6, 6.07) is 15.8. The van der Waals surface area contributed by atoms with Crippen LogP contribution >= 0.6 is 0 Å². The zero-order valence-corrected chi connectivity index (χ0v) is 16.0. The highest BCUT2D eigenvalue weighted by molar-refractivity contribution is 5.83. The lowest BCUT2D eigenvalue weighted by molar-refractivity contribution is -0.274. The van der Waals surface area contributed by atoms with Crippen LogP contribution < -0.4 is 4.74 Å². The number of halogens is 4. The highest BCUT2D eigenvalue weighted by atomic mass is 19.4. The molecule has 7 nitrogen and oxygen atoms in total. The smallest absolute Gasteiger partial charge is 0.406 e. The van der Waals surface area contributed by atoms with Crippen molar-refractivity contribution in [3.8, 4) is 34.0 Å². The third-order valence-corrected chi connectivity index (χ3v) is 4.78. The summed E-state index contributed by atoms with van der Waals surface area (Å²) in [6.07, 6.45) is -3.18. The first-order valence-electron chi connectivity index (χ1n) is 9.25. The maximum absolute atomic E-state index is 14.5. The van der Waals surface area contributed by atoms with Crippen molar-refractivity contribution in [2.24, 2.45) is 0 Å². The SMILES string of the molecule is Fc1cc2ncn(-c3cccc(-c4ccc(OC(F)(F)F)cc4)c3)c2cc1-c1nnn[nH]1. The van der Waals surface area contributed by atoms with Gasteiger partial charge in [-0.15, -0.1) is 18.3 Å². The van der Waals surface area contributed by atoms with Gasteiger partial charge in [0.15, 0.2) is 5.82 Å². The molecule has 3 aromatic carbocycles. The Balaban J connectivity index is 1.53. The fourth-order valence-corrected chi connectivity index (χ4v) is 3.37. The minimum atomic E-state index is -4.75. The minimum Gasteiger partial charge on any atom is -0.406 e. The number of imidazole rings is 1. The summed E-state index contributed by atoms with van der Waals surface area (Å²) < 4.78 is 57.3. The fraction of sp³-hybridized carbons (Fsp3) is 0.0476. The fourth-order valence-electron chi connectivity index (χ4n) is 3.37. The van der Waals surface area contributed by atoms with Crippen molar-refractivity contribution in [3.05, 3.63) is 72.8 Å². The molecule has 0 spiro atoms. The van der Waals surface area contributed by atoms with E-state index >= 15 is 0 Å². The first kappa shape index (κ1) is 19.7. The Kier molecular flexibility index (Phi) is 4.58. The van der Waals surface area contributed by atoms with Gasteiger partial charge in [0.2, 0.25) is 0 Å². The topological polar surface area (TPSA) is 81.5 Å². The van der Waals surface area contributed by atoms with Crippen LogP contribution in [-0.2, 0) is 0 Å². The van der Waals surface area contributed by atoms with E-state index in [4.69, 9.17) is 0 Å². The van der Waals surface area contributed by atoms with Crippen LogP contribution in [0.4, 0.5) is 17.6 Å². The third-order valence-electron chi connectivity index (χ3n) is 4.78. The molecule has 0 aliphatic carbocycles. The Morgan fingerprint density at radius 1 is 0.938 bits per heavy atom. The number of rotatable bonds is 4. The van der Waals surface area contributed by atoms with Crippen LogP contribution in [-0.4, -0.2) is 36.5 Å². The van der Waals surface area contributed by atoms with Gasteiger partial charge in [-0.05, 0) is 51.9 Å². The Bertz CT molecular complexity index is 1390. The normalized spacial score (nSPS) is 11.8. The number of hydrogen-bond donors (Lipinski definition) is 1. The summed E-state index contributed by atoms with van der Waals surface area (Å²) in [5, 5.41) is 13.2. The molecule has 2 heterocycles. The molecule has 0 aliphatic heterocycles. The van der Waals surface area contributed by atoms with Gasteiger partial charge in [-0.1, -0.05) is 24.3 Å². The zero-order chi connectivity index (χ0) is 22.3. The van der Waals surface area contributed by atoms with E-state index in [2.05, 4.69) is 30.3 Å². The van der Waals surface area contributed by atoms with E-state index in [0.717, 1.165) is 11.3 Å². The van der Waals surface area contributed by atoms with E-state index in [1.54, 1.807) is 23.0 Å². The first-order valence-corrected chi connectivity index (χ1v) is 9.25. The second kappa shape index (κ2) is 7.45. The number of H-pyrrole nitrogens is 1. The molecule has 32 heavy (non-hydrogen) atoms. The molecule has 0 radical (unpaired) electrons. The lowest BCUT2D eigenvalue weighted by Gasteiger charge is -2.11. The largest absolute Gasteiger partial charge is 0.573 e. The molecule has 5 rings (SSSR count). The van der Waals surface area contributed by atoms with Gasteiger partial charge in [0, 0.05) is 11.8 Å². The number of aromatic nitrogens is 6. The van der Waals surface area contributed by atoms with Crippen molar-refractivity contribution in [1.82, 2.24) is 30.2 Å². The number of benzene rings is 3. The van der Waals surface area contributed by atoms with Crippen LogP contribution in [0.25, 0.3) is 39.2 Å². The summed E-state index contributed by atoms with van der Waals surface area (Å²) in [5.41, 5.74) is 3.46. The average Bonchev–Trinajstić information content (AvgIpc) is 3.42. The molecule has 0 aliphatic rings. The van der Waals surface area contributed by atoms with Gasteiger partial charge < -0.3 is 4.74 Å². The number of nitrogens with zero attached hydrogens (tertiary/aromatic N) is 5. The van der Waals surface area contributed by atoms with Crippen molar-refractivity contribution in [2.75, 3.05) is 0 Å². The monoisotopic (exact) mass is 440 g/mol. The Morgan fingerprint density at radius 2 is 1.75 bits per heavy atom. The molecule has 0 atom stereocenters. The lowest BCUT2D eigenvalue weighted by atomic mass is 10.0. The van der Waals surface area contributed by atoms with E-state index in [1.165, 1.54) is 30.3 Å². The molecule has 0 saturated heterocycles. The van der Waals surface area contributed by atoms with Crippen molar-refractivity contribution >= 4 is 11.0 Å².